The molecule has 0 saturated carbocycles. The summed E-state index contributed by atoms with van der Waals surface area (Å²) in [7, 11) is 0. The van der Waals surface area contributed by atoms with Crippen LogP contribution in [0, 0.1) is 0 Å². The van der Waals surface area contributed by atoms with E-state index in [4.69, 9.17) is 4.98 Å². The predicted molar refractivity (Wildman–Crippen MR) is 127 cm³/mol. The molecule has 1 aromatic heterocycles. The van der Waals surface area contributed by atoms with Crippen LogP contribution >= 0.6 is 15.9 Å². The Bertz CT molecular complexity index is 1550. The van der Waals surface area contributed by atoms with Crippen molar-refractivity contribution in [1.29, 1.82) is 0 Å². The Morgan fingerprint density at radius 1 is 0.552 bits per heavy atom. The lowest BCUT2D eigenvalue weighted by Gasteiger charge is -2.15. The third-order valence-electron chi connectivity index (χ3n) is 5.69. The normalized spacial score (nSPS) is 11.6. The van der Waals surface area contributed by atoms with Crippen molar-refractivity contribution in [2.24, 2.45) is 0 Å². The molecule has 2 heteroatoms. The number of rotatable bonds is 1. The topological polar surface area (TPSA) is 12.9 Å². The van der Waals surface area contributed by atoms with E-state index in [1.165, 1.54) is 37.7 Å². The highest BCUT2D eigenvalue weighted by atomic mass is 79.9. The summed E-state index contributed by atoms with van der Waals surface area (Å²) < 4.78 is 1.10. The van der Waals surface area contributed by atoms with Gasteiger partial charge in [0, 0.05) is 26.2 Å². The van der Waals surface area contributed by atoms with E-state index in [1.807, 2.05) is 6.07 Å². The fourth-order valence-electron chi connectivity index (χ4n) is 4.40. The van der Waals surface area contributed by atoms with Crippen LogP contribution in [-0.2, 0) is 0 Å². The van der Waals surface area contributed by atoms with Crippen molar-refractivity contribution in [2.45, 2.75) is 0 Å². The molecular formula is C27H16BrN. The molecule has 6 aromatic rings. The molecule has 5 aromatic carbocycles. The van der Waals surface area contributed by atoms with Crippen LogP contribution < -0.4 is 0 Å². The van der Waals surface area contributed by atoms with Crippen molar-refractivity contribution in [3.63, 3.8) is 0 Å². The zero-order chi connectivity index (χ0) is 19.4. The Kier molecular flexibility index (Phi) is 3.68. The van der Waals surface area contributed by atoms with Crippen molar-refractivity contribution >= 4 is 59.2 Å². The van der Waals surface area contributed by atoms with Gasteiger partial charge in [-0.1, -0.05) is 101 Å². The largest absolute Gasteiger partial charge is 0.247 e. The molecule has 6 rings (SSSR count). The van der Waals surface area contributed by atoms with Crippen LogP contribution in [0.3, 0.4) is 0 Å². The molecule has 0 spiro atoms. The number of benzene rings is 5. The number of fused-ring (bicyclic) bond motifs is 7. The lowest BCUT2D eigenvalue weighted by atomic mass is 9.93. The Hall–Kier alpha value is -3.23. The molecular weight excluding hydrogens is 418 g/mol. The van der Waals surface area contributed by atoms with E-state index >= 15 is 0 Å². The van der Waals surface area contributed by atoms with Gasteiger partial charge in [0.15, 0.2) is 0 Å². The summed E-state index contributed by atoms with van der Waals surface area (Å²) in [5, 5.41) is 8.62. The fraction of sp³-hybridized carbons (Fsp3) is 0. The third kappa shape index (κ3) is 2.49. The van der Waals surface area contributed by atoms with Gasteiger partial charge in [0.2, 0.25) is 0 Å². The van der Waals surface area contributed by atoms with E-state index in [-0.39, 0.29) is 0 Å². The van der Waals surface area contributed by atoms with Gasteiger partial charge in [-0.25, -0.2) is 4.98 Å². The number of hydrogen-bond donors (Lipinski definition) is 0. The summed E-state index contributed by atoms with van der Waals surface area (Å²) in [6.45, 7) is 0. The number of halogens is 1. The molecule has 0 amide bonds. The molecule has 1 nitrogen and oxygen atoms in total. The van der Waals surface area contributed by atoms with Gasteiger partial charge in [-0.2, -0.15) is 0 Å². The van der Waals surface area contributed by atoms with Crippen LogP contribution in [-0.4, -0.2) is 4.98 Å². The average Bonchev–Trinajstić information content (AvgIpc) is 2.79. The standard InChI is InChI=1S/C27H16BrN/c28-23-16-22-25(21-13-7-6-12-20(21)23)26-19-11-5-4-8-17(19)14-15-24(26)29-27(22)18-9-2-1-3-10-18/h1-16H. The quantitative estimate of drug-likeness (QED) is 0.238. The molecule has 0 atom stereocenters. The second-order valence-corrected chi connectivity index (χ2v) is 8.19. The van der Waals surface area contributed by atoms with Crippen LogP contribution in [0.15, 0.2) is 102 Å². The Morgan fingerprint density at radius 3 is 2.07 bits per heavy atom. The van der Waals surface area contributed by atoms with Gasteiger partial charge >= 0.3 is 0 Å². The number of hydrogen-bond acceptors (Lipinski definition) is 1. The van der Waals surface area contributed by atoms with Crippen LogP contribution in [0.2, 0.25) is 0 Å². The average molecular weight is 434 g/mol. The summed E-state index contributed by atoms with van der Waals surface area (Å²) in [5.41, 5.74) is 3.19. The summed E-state index contributed by atoms with van der Waals surface area (Å²) in [5.74, 6) is 0. The lowest BCUT2D eigenvalue weighted by Crippen LogP contribution is -1.92. The first kappa shape index (κ1) is 16.7. The highest BCUT2D eigenvalue weighted by molar-refractivity contribution is 9.10. The van der Waals surface area contributed by atoms with Gasteiger partial charge in [0.1, 0.15) is 0 Å². The molecule has 0 aliphatic heterocycles. The molecule has 0 unspecified atom stereocenters. The van der Waals surface area contributed by atoms with Gasteiger partial charge in [-0.05, 0) is 33.7 Å². The first-order valence-electron chi connectivity index (χ1n) is 9.69. The van der Waals surface area contributed by atoms with Crippen molar-refractivity contribution in [3.8, 4) is 11.3 Å². The van der Waals surface area contributed by atoms with Crippen molar-refractivity contribution in [3.05, 3.63) is 102 Å². The molecule has 0 aliphatic carbocycles. The zero-order valence-corrected chi connectivity index (χ0v) is 17.1. The Balaban J connectivity index is 1.96. The van der Waals surface area contributed by atoms with Gasteiger partial charge in [-0.15, -0.1) is 0 Å². The fourth-order valence-corrected chi connectivity index (χ4v) is 4.97. The van der Waals surface area contributed by atoms with Crippen LogP contribution in [0.4, 0.5) is 0 Å². The van der Waals surface area contributed by atoms with Crippen molar-refractivity contribution < 1.29 is 0 Å². The van der Waals surface area contributed by atoms with Crippen LogP contribution in [0.1, 0.15) is 0 Å². The number of nitrogens with zero attached hydrogens (tertiary/aromatic N) is 1. The minimum Gasteiger partial charge on any atom is -0.247 e. The summed E-state index contributed by atoms with van der Waals surface area (Å²) in [6, 6.07) is 34.2. The van der Waals surface area contributed by atoms with Crippen LogP contribution in [0.5, 0.6) is 0 Å². The van der Waals surface area contributed by atoms with Crippen molar-refractivity contribution in [2.75, 3.05) is 0 Å². The molecule has 136 valence electrons. The maximum atomic E-state index is 5.15. The molecule has 0 bridgehead atoms. The summed E-state index contributed by atoms with van der Waals surface area (Å²) in [6.07, 6.45) is 0. The van der Waals surface area contributed by atoms with Gasteiger partial charge in [0.25, 0.3) is 0 Å². The van der Waals surface area contributed by atoms with E-state index in [1.54, 1.807) is 0 Å². The summed E-state index contributed by atoms with van der Waals surface area (Å²) in [4.78, 5) is 5.15. The maximum absolute atomic E-state index is 5.15. The molecule has 0 aliphatic rings. The smallest absolute Gasteiger partial charge is 0.0788 e. The Labute approximate surface area is 176 Å². The molecule has 0 fully saturated rings. The second-order valence-electron chi connectivity index (χ2n) is 7.33. The minimum atomic E-state index is 1.02. The van der Waals surface area contributed by atoms with Gasteiger partial charge < -0.3 is 0 Å². The van der Waals surface area contributed by atoms with Crippen LogP contribution in [0.25, 0.3) is 54.5 Å². The predicted octanol–water partition coefficient (Wildman–Crippen LogP) is 8.12. The second kappa shape index (κ2) is 6.40. The molecule has 0 saturated heterocycles. The van der Waals surface area contributed by atoms with Crippen molar-refractivity contribution in [1.82, 2.24) is 4.98 Å². The first-order chi connectivity index (χ1) is 14.3. The molecule has 0 N–H and O–H groups in total. The third-order valence-corrected chi connectivity index (χ3v) is 6.34. The minimum absolute atomic E-state index is 1.02. The number of aromatic nitrogens is 1. The Morgan fingerprint density at radius 2 is 1.24 bits per heavy atom. The number of pyridine rings is 1. The van der Waals surface area contributed by atoms with Gasteiger partial charge in [0.05, 0.1) is 11.2 Å². The SMILES string of the molecule is Brc1cc2c(-c3ccccc3)nc3ccc4ccccc4c3c2c2ccccc12. The lowest BCUT2D eigenvalue weighted by molar-refractivity contribution is 1.43. The maximum Gasteiger partial charge on any atom is 0.0788 e. The first-order valence-corrected chi connectivity index (χ1v) is 10.5. The van der Waals surface area contributed by atoms with E-state index in [0.717, 1.165) is 21.2 Å². The molecule has 29 heavy (non-hydrogen) atoms. The molecule has 1 heterocycles. The van der Waals surface area contributed by atoms with E-state index < -0.39 is 0 Å². The zero-order valence-electron chi connectivity index (χ0n) is 15.6. The van der Waals surface area contributed by atoms with E-state index in [9.17, 15) is 0 Å². The monoisotopic (exact) mass is 433 g/mol. The van der Waals surface area contributed by atoms with Gasteiger partial charge in [-0.3, -0.25) is 0 Å². The highest BCUT2D eigenvalue weighted by Crippen LogP contribution is 2.42. The van der Waals surface area contributed by atoms with E-state index in [2.05, 4.69) is 107 Å². The van der Waals surface area contributed by atoms with E-state index in [0.29, 0.717) is 0 Å². The summed E-state index contributed by atoms with van der Waals surface area (Å²) >= 11 is 3.81. The molecule has 0 radical (unpaired) electrons. The highest BCUT2D eigenvalue weighted by Gasteiger charge is 2.16.